The molecule has 1 unspecified atom stereocenters. The van der Waals surface area contributed by atoms with E-state index in [1.54, 1.807) is 12.1 Å². The van der Waals surface area contributed by atoms with E-state index in [1.165, 1.54) is 24.5 Å². The average Bonchev–Trinajstić information content (AvgIpc) is 2.32. The summed E-state index contributed by atoms with van der Waals surface area (Å²) in [5.74, 6) is 0.295. The maximum atomic E-state index is 12.8. The molecule has 2 aromatic rings. The molecule has 4 nitrogen and oxygen atoms in total. The van der Waals surface area contributed by atoms with Gasteiger partial charge in [-0.3, -0.25) is 4.79 Å². The second-order valence-corrected chi connectivity index (χ2v) is 4.17. The smallest absolute Gasteiger partial charge is 0.252 e. The van der Waals surface area contributed by atoms with E-state index in [0.29, 0.717) is 5.82 Å². The lowest BCUT2D eigenvalue weighted by Crippen LogP contribution is -2.20. The zero-order chi connectivity index (χ0) is 13.0. The van der Waals surface area contributed by atoms with Gasteiger partial charge in [-0.2, -0.15) is 0 Å². The Bertz CT molecular complexity index is 565. The van der Waals surface area contributed by atoms with Crippen molar-refractivity contribution in [3.05, 3.63) is 58.4 Å². The van der Waals surface area contributed by atoms with Crippen molar-refractivity contribution in [1.82, 2.24) is 9.97 Å². The van der Waals surface area contributed by atoms with Crippen LogP contribution in [0.5, 0.6) is 0 Å². The molecule has 94 valence electrons. The lowest BCUT2D eigenvalue weighted by Gasteiger charge is -2.14. The number of anilines is 1. The minimum atomic E-state index is -0.240. The second-order valence-electron chi connectivity index (χ2n) is 4.17. The Hall–Kier alpha value is -2.17. The predicted octanol–water partition coefficient (Wildman–Crippen LogP) is 1.95. The molecule has 0 spiro atoms. The zero-order valence-corrected chi connectivity index (χ0v) is 9.98. The number of nitrogens with one attached hydrogen (secondary N) is 2. The largest absolute Gasteiger partial charge is 0.367 e. The maximum absolute atomic E-state index is 12.8. The maximum Gasteiger partial charge on any atom is 0.252 e. The highest BCUT2D eigenvalue weighted by molar-refractivity contribution is 5.33. The third kappa shape index (κ3) is 3.41. The molecule has 0 bridgehead atoms. The monoisotopic (exact) mass is 247 g/mol. The molecule has 0 radical (unpaired) electrons. The van der Waals surface area contributed by atoms with E-state index in [2.05, 4.69) is 15.3 Å². The van der Waals surface area contributed by atoms with Crippen LogP contribution in [0.4, 0.5) is 10.2 Å². The molecule has 1 aromatic carbocycles. The van der Waals surface area contributed by atoms with Crippen LogP contribution in [0.15, 0.2) is 41.5 Å². The highest BCUT2D eigenvalue weighted by atomic mass is 19.1. The number of aromatic nitrogens is 2. The Morgan fingerprint density at radius 2 is 2.11 bits per heavy atom. The first-order chi connectivity index (χ1) is 8.63. The van der Waals surface area contributed by atoms with E-state index in [4.69, 9.17) is 0 Å². The van der Waals surface area contributed by atoms with E-state index in [9.17, 15) is 9.18 Å². The Kier molecular flexibility index (Phi) is 3.72. The fourth-order valence-electron chi connectivity index (χ4n) is 1.73. The Labute approximate surface area is 104 Å². The number of H-pyrrole nitrogens is 1. The molecule has 1 aromatic heterocycles. The van der Waals surface area contributed by atoms with Gasteiger partial charge in [0.1, 0.15) is 11.6 Å². The Morgan fingerprint density at radius 3 is 2.78 bits per heavy atom. The molecule has 0 saturated carbocycles. The normalized spacial score (nSPS) is 12.1. The molecular formula is C13H14FN3O. The molecule has 1 heterocycles. The van der Waals surface area contributed by atoms with Crippen molar-refractivity contribution >= 4 is 5.82 Å². The van der Waals surface area contributed by atoms with Gasteiger partial charge in [-0.15, -0.1) is 0 Å². The van der Waals surface area contributed by atoms with Crippen LogP contribution in [0.1, 0.15) is 12.5 Å². The van der Waals surface area contributed by atoms with Crippen molar-refractivity contribution in [2.45, 2.75) is 19.4 Å². The molecule has 1 atom stereocenters. The van der Waals surface area contributed by atoms with Crippen LogP contribution in [0.2, 0.25) is 0 Å². The number of rotatable bonds is 4. The standard InChI is InChI=1S/C13H14FN3O/c1-9(6-10-2-4-11(14)5-3-10)17-12-7-13(18)16-8-15-12/h2-5,7-9H,6H2,1H3,(H2,15,16,17,18). The first-order valence-corrected chi connectivity index (χ1v) is 5.69. The first kappa shape index (κ1) is 12.3. The summed E-state index contributed by atoms with van der Waals surface area (Å²) in [7, 11) is 0. The van der Waals surface area contributed by atoms with E-state index >= 15 is 0 Å². The predicted molar refractivity (Wildman–Crippen MR) is 68.0 cm³/mol. The molecule has 0 aliphatic rings. The van der Waals surface area contributed by atoms with E-state index < -0.39 is 0 Å². The van der Waals surface area contributed by atoms with Crippen LogP contribution in [0.25, 0.3) is 0 Å². The minimum absolute atomic E-state index is 0.102. The first-order valence-electron chi connectivity index (χ1n) is 5.69. The third-order valence-electron chi connectivity index (χ3n) is 2.53. The summed E-state index contributed by atoms with van der Waals surface area (Å²) in [6.45, 7) is 1.98. The van der Waals surface area contributed by atoms with Gasteiger partial charge in [-0.25, -0.2) is 9.37 Å². The fourth-order valence-corrected chi connectivity index (χ4v) is 1.73. The highest BCUT2D eigenvalue weighted by Gasteiger charge is 2.05. The van der Waals surface area contributed by atoms with Crippen molar-refractivity contribution in [3.63, 3.8) is 0 Å². The molecule has 2 rings (SSSR count). The van der Waals surface area contributed by atoms with Gasteiger partial charge in [0.15, 0.2) is 0 Å². The van der Waals surface area contributed by atoms with Gasteiger partial charge in [0, 0.05) is 12.1 Å². The minimum Gasteiger partial charge on any atom is -0.367 e. The van der Waals surface area contributed by atoms with Gasteiger partial charge in [0.25, 0.3) is 5.56 Å². The molecule has 0 aliphatic carbocycles. The number of hydrogen-bond donors (Lipinski definition) is 2. The van der Waals surface area contributed by atoms with Gasteiger partial charge in [0.2, 0.25) is 0 Å². The van der Waals surface area contributed by atoms with Crippen molar-refractivity contribution in [2.75, 3.05) is 5.32 Å². The van der Waals surface area contributed by atoms with Gasteiger partial charge < -0.3 is 10.3 Å². The van der Waals surface area contributed by atoms with Gasteiger partial charge in [-0.1, -0.05) is 12.1 Å². The summed E-state index contributed by atoms with van der Waals surface area (Å²) >= 11 is 0. The van der Waals surface area contributed by atoms with Crippen LogP contribution in [-0.2, 0) is 6.42 Å². The SMILES string of the molecule is CC(Cc1ccc(F)cc1)Nc1cc(=O)[nH]cn1. The number of halogens is 1. The van der Waals surface area contributed by atoms with Crippen LogP contribution >= 0.6 is 0 Å². The lowest BCUT2D eigenvalue weighted by atomic mass is 10.1. The summed E-state index contributed by atoms with van der Waals surface area (Å²) in [5, 5.41) is 3.12. The van der Waals surface area contributed by atoms with Crippen LogP contribution in [0.3, 0.4) is 0 Å². The third-order valence-corrected chi connectivity index (χ3v) is 2.53. The van der Waals surface area contributed by atoms with E-state index in [-0.39, 0.29) is 17.4 Å². The number of hydrogen-bond acceptors (Lipinski definition) is 3. The van der Waals surface area contributed by atoms with Crippen molar-refractivity contribution in [2.24, 2.45) is 0 Å². The fraction of sp³-hybridized carbons (Fsp3) is 0.231. The molecular weight excluding hydrogens is 233 g/mol. The van der Waals surface area contributed by atoms with Crippen LogP contribution in [-0.4, -0.2) is 16.0 Å². The van der Waals surface area contributed by atoms with Crippen molar-refractivity contribution in [1.29, 1.82) is 0 Å². The quantitative estimate of drug-likeness (QED) is 0.868. The average molecular weight is 247 g/mol. The second kappa shape index (κ2) is 5.44. The molecule has 5 heteroatoms. The van der Waals surface area contributed by atoms with Gasteiger partial charge >= 0.3 is 0 Å². The summed E-state index contributed by atoms with van der Waals surface area (Å²) in [5.41, 5.74) is 0.836. The summed E-state index contributed by atoms with van der Waals surface area (Å²) in [6.07, 6.45) is 2.09. The zero-order valence-electron chi connectivity index (χ0n) is 9.98. The molecule has 0 aliphatic heterocycles. The lowest BCUT2D eigenvalue weighted by molar-refractivity contribution is 0.626. The van der Waals surface area contributed by atoms with Crippen molar-refractivity contribution < 1.29 is 4.39 Å². The van der Waals surface area contributed by atoms with E-state index in [1.807, 2.05) is 6.92 Å². The highest BCUT2D eigenvalue weighted by Crippen LogP contribution is 2.08. The number of aromatic amines is 1. The molecule has 0 fully saturated rings. The summed E-state index contributed by atoms with van der Waals surface area (Å²) in [6, 6.07) is 7.88. The molecule has 18 heavy (non-hydrogen) atoms. The summed E-state index contributed by atoms with van der Waals surface area (Å²) < 4.78 is 12.8. The van der Waals surface area contributed by atoms with Crippen molar-refractivity contribution in [3.8, 4) is 0 Å². The Balaban J connectivity index is 1.98. The molecule has 0 saturated heterocycles. The van der Waals surface area contributed by atoms with E-state index in [0.717, 1.165) is 12.0 Å². The van der Waals surface area contributed by atoms with Gasteiger partial charge in [0.05, 0.1) is 6.33 Å². The van der Waals surface area contributed by atoms with Crippen LogP contribution in [0, 0.1) is 5.82 Å². The number of nitrogens with zero attached hydrogens (tertiary/aromatic N) is 1. The van der Waals surface area contributed by atoms with Crippen LogP contribution < -0.4 is 10.9 Å². The van der Waals surface area contributed by atoms with Gasteiger partial charge in [-0.05, 0) is 31.0 Å². The Morgan fingerprint density at radius 1 is 1.39 bits per heavy atom. The topological polar surface area (TPSA) is 57.8 Å². The molecule has 2 N–H and O–H groups in total. The number of benzene rings is 1. The molecule has 0 amide bonds. The summed E-state index contributed by atoms with van der Waals surface area (Å²) in [4.78, 5) is 17.6.